The van der Waals surface area contributed by atoms with Gasteiger partial charge >= 0.3 is 0 Å². The zero-order valence-corrected chi connectivity index (χ0v) is 13.6. The molecule has 1 saturated heterocycles. The maximum absolute atomic E-state index is 12.8. The van der Waals surface area contributed by atoms with Crippen molar-refractivity contribution in [3.05, 3.63) is 29.8 Å². The van der Waals surface area contributed by atoms with Crippen molar-refractivity contribution < 1.29 is 8.42 Å². The molecule has 0 saturated carbocycles. The van der Waals surface area contributed by atoms with E-state index in [4.69, 9.17) is 5.73 Å². The van der Waals surface area contributed by atoms with Crippen LogP contribution in [-0.4, -0.2) is 31.9 Å². The fraction of sp³-hybridized carbons (Fsp3) is 0.571. The van der Waals surface area contributed by atoms with Crippen molar-refractivity contribution in [2.75, 3.05) is 13.1 Å². The molecular weight excluding hydrogens is 296 g/mol. The average molecular weight is 319 g/mol. The van der Waals surface area contributed by atoms with Crippen LogP contribution in [0.5, 0.6) is 0 Å². The van der Waals surface area contributed by atoms with E-state index in [-0.39, 0.29) is 18.4 Å². The minimum absolute atomic E-state index is 0. The number of nitrogens with two attached hydrogens (primary N) is 1. The van der Waals surface area contributed by atoms with Crippen LogP contribution in [0.25, 0.3) is 0 Å². The van der Waals surface area contributed by atoms with E-state index in [1.165, 1.54) is 0 Å². The Labute approximate surface area is 127 Å². The number of halogens is 1. The lowest BCUT2D eigenvalue weighted by Gasteiger charge is -2.38. The van der Waals surface area contributed by atoms with Crippen molar-refractivity contribution in [3.63, 3.8) is 0 Å². The molecule has 0 radical (unpaired) electrons. The number of hydrogen-bond donors (Lipinski definition) is 1. The number of aryl methyl sites for hydroxylation is 1. The summed E-state index contributed by atoms with van der Waals surface area (Å²) in [6, 6.07) is 7.05. The number of piperidine rings is 1. The summed E-state index contributed by atoms with van der Waals surface area (Å²) < 4.78 is 27.2. The van der Waals surface area contributed by atoms with Crippen LogP contribution in [0.1, 0.15) is 25.3 Å². The quantitative estimate of drug-likeness (QED) is 0.929. The maximum atomic E-state index is 12.8. The van der Waals surface area contributed by atoms with Crippen molar-refractivity contribution in [3.8, 4) is 0 Å². The maximum Gasteiger partial charge on any atom is 0.243 e. The Kier molecular flexibility index (Phi) is 6.01. The average Bonchev–Trinajstić information content (AvgIpc) is 2.38. The van der Waals surface area contributed by atoms with Crippen LogP contribution in [0, 0.1) is 12.8 Å². The largest absolute Gasteiger partial charge is 0.329 e. The second-order valence-corrected chi connectivity index (χ2v) is 7.16. The fourth-order valence-corrected chi connectivity index (χ4v) is 4.83. The van der Waals surface area contributed by atoms with Crippen molar-refractivity contribution in [1.82, 2.24) is 4.31 Å². The fourth-order valence-electron chi connectivity index (χ4n) is 2.83. The van der Waals surface area contributed by atoms with Gasteiger partial charge in [0, 0.05) is 19.1 Å². The van der Waals surface area contributed by atoms with Gasteiger partial charge in [0.05, 0.1) is 4.90 Å². The molecular formula is C14H23ClN2O2S. The highest BCUT2D eigenvalue weighted by atomic mass is 35.5. The van der Waals surface area contributed by atoms with Gasteiger partial charge in [-0.3, -0.25) is 0 Å². The summed E-state index contributed by atoms with van der Waals surface area (Å²) in [5, 5.41) is 0. The summed E-state index contributed by atoms with van der Waals surface area (Å²) in [5.41, 5.74) is 6.58. The summed E-state index contributed by atoms with van der Waals surface area (Å²) in [7, 11) is -3.43. The van der Waals surface area contributed by atoms with Gasteiger partial charge < -0.3 is 5.73 Å². The van der Waals surface area contributed by atoms with E-state index in [0.717, 1.165) is 18.4 Å². The second kappa shape index (κ2) is 6.89. The van der Waals surface area contributed by atoms with Gasteiger partial charge in [0.2, 0.25) is 10.0 Å². The van der Waals surface area contributed by atoms with E-state index in [9.17, 15) is 8.42 Å². The first-order valence-electron chi connectivity index (χ1n) is 6.76. The van der Waals surface area contributed by atoms with Crippen molar-refractivity contribution in [2.24, 2.45) is 11.7 Å². The summed E-state index contributed by atoms with van der Waals surface area (Å²) in [6.07, 6.45) is 1.95. The minimum Gasteiger partial charge on any atom is -0.329 e. The van der Waals surface area contributed by atoms with Crippen LogP contribution in [0.4, 0.5) is 0 Å². The Morgan fingerprint density at radius 1 is 1.35 bits per heavy atom. The third kappa shape index (κ3) is 3.17. The highest BCUT2D eigenvalue weighted by Gasteiger charge is 2.36. The number of hydrogen-bond acceptors (Lipinski definition) is 3. The predicted octanol–water partition coefficient (Wildman–Crippen LogP) is 2.16. The Morgan fingerprint density at radius 3 is 2.60 bits per heavy atom. The topological polar surface area (TPSA) is 63.4 Å². The molecule has 6 heteroatoms. The van der Waals surface area contributed by atoms with Gasteiger partial charge in [-0.1, -0.05) is 25.1 Å². The Morgan fingerprint density at radius 2 is 2.00 bits per heavy atom. The predicted molar refractivity (Wildman–Crippen MR) is 83.6 cm³/mol. The molecule has 20 heavy (non-hydrogen) atoms. The SMILES string of the molecule is Cc1ccccc1S(=O)(=O)N1CCCC(C)C1CN.Cl. The van der Waals surface area contributed by atoms with Crippen LogP contribution in [-0.2, 0) is 10.0 Å². The van der Waals surface area contributed by atoms with Gasteiger partial charge in [-0.25, -0.2) is 8.42 Å². The molecule has 2 atom stereocenters. The number of benzene rings is 1. The molecule has 1 aromatic rings. The molecule has 0 amide bonds. The molecule has 114 valence electrons. The van der Waals surface area contributed by atoms with Gasteiger partial charge in [0.1, 0.15) is 0 Å². The molecule has 1 aliphatic heterocycles. The molecule has 0 aliphatic carbocycles. The first-order chi connectivity index (χ1) is 8.98. The van der Waals surface area contributed by atoms with Crippen molar-refractivity contribution >= 4 is 22.4 Å². The van der Waals surface area contributed by atoms with Gasteiger partial charge in [0.25, 0.3) is 0 Å². The third-order valence-corrected chi connectivity index (χ3v) is 6.07. The Bertz CT molecular complexity index is 548. The lowest BCUT2D eigenvalue weighted by atomic mass is 9.93. The minimum atomic E-state index is -3.43. The zero-order chi connectivity index (χ0) is 14.0. The summed E-state index contributed by atoms with van der Waals surface area (Å²) in [4.78, 5) is 0.405. The van der Waals surface area contributed by atoms with E-state index in [2.05, 4.69) is 6.92 Å². The van der Waals surface area contributed by atoms with Crippen molar-refractivity contribution in [2.45, 2.75) is 37.6 Å². The molecule has 1 fully saturated rings. The van der Waals surface area contributed by atoms with Crippen LogP contribution in [0.3, 0.4) is 0 Å². The molecule has 0 aromatic heterocycles. The zero-order valence-electron chi connectivity index (χ0n) is 12.0. The summed E-state index contributed by atoms with van der Waals surface area (Å²) in [5.74, 6) is 0.317. The molecule has 2 N–H and O–H groups in total. The third-order valence-electron chi connectivity index (χ3n) is 3.99. The molecule has 0 bridgehead atoms. The molecule has 1 aromatic carbocycles. The Hall–Kier alpha value is -0.620. The summed E-state index contributed by atoms with van der Waals surface area (Å²) >= 11 is 0. The van der Waals surface area contributed by atoms with Crippen LogP contribution < -0.4 is 5.73 Å². The van der Waals surface area contributed by atoms with Crippen LogP contribution in [0.2, 0.25) is 0 Å². The van der Waals surface area contributed by atoms with E-state index in [1.54, 1.807) is 16.4 Å². The molecule has 0 spiro atoms. The number of nitrogens with zero attached hydrogens (tertiary/aromatic N) is 1. The van der Waals surface area contributed by atoms with E-state index in [0.29, 0.717) is 23.9 Å². The van der Waals surface area contributed by atoms with Gasteiger partial charge in [0.15, 0.2) is 0 Å². The van der Waals surface area contributed by atoms with E-state index < -0.39 is 10.0 Å². The second-order valence-electron chi connectivity index (χ2n) is 5.30. The standard InChI is InChI=1S/C14H22N2O2S.ClH/c1-11-7-5-9-16(13(11)10-15)19(17,18)14-8-4-3-6-12(14)2;/h3-4,6,8,11,13H,5,7,9-10,15H2,1-2H3;1H. The highest BCUT2D eigenvalue weighted by molar-refractivity contribution is 7.89. The normalized spacial score (nSPS) is 24.1. The van der Waals surface area contributed by atoms with Gasteiger partial charge in [-0.05, 0) is 37.3 Å². The molecule has 1 heterocycles. The molecule has 1 aliphatic rings. The highest BCUT2D eigenvalue weighted by Crippen LogP contribution is 2.29. The van der Waals surface area contributed by atoms with E-state index in [1.807, 2.05) is 19.1 Å². The first kappa shape index (κ1) is 17.4. The van der Waals surface area contributed by atoms with Crippen LogP contribution in [0.15, 0.2) is 29.2 Å². The first-order valence-corrected chi connectivity index (χ1v) is 8.20. The van der Waals surface area contributed by atoms with Gasteiger partial charge in [-0.2, -0.15) is 4.31 Å². The Balaban J connectivity index is 0.00000200. The van der Waals surface area contributed by atoms with Crippen LogP contribution >= 0.6 is 12.4 Å². The van der Waals surface area contributed by atoms with Gasteiger partial charge in [-0.15, -0.1) is 12.4 Å². The monoisotopic (exact) mass is 318 g/mol. The van der Waals surface area contributed by atoms with E-state index >= 15 is 0 Å². The molecule has 2 rings (SSSR count). The number of rotatable bonds is 3. The molecule has 4 nitrogen and oxygen atoms in total. The summed E-state index contributed by atoms with van der Waals surface area (Å²) in [6.45, 7) is 4.86. The smallest absolute Gasteiger partial charge is 0.243 e. The lowest BCUT2D eigenvalue weighted by Crippen LogP contribution is -2.51. The van der Waals surface area contributed by atoms with Crippen molar-refractivity contribution in [1.29, 1.82) is 0 Å². The number of sulfonamides is 1. The molecule has 2 unspecified atom stereocenters. The lowest BCUT2D eigenvalue weighted by molar-refractivity contribution is 0.192.